The van der Waals surface area contributed by atoms with Gasteiger partial charge in [0.15, 0.2) is 0 Å². The van der Waals surface area contributed by atoms with E-state index in [1.165, 1.54) is 0 Å². The number of rotatable bonds is 2. The van der Waals surface area contributed by atoms with Crippen LogP contribution in [0, 0.1) is 12.8 Å². The van der Waals surface area contributed by atoms with Gasteiger partial charge in [-0.2, -0.15) is 0 Å². The van der Waals surface area contributed by atoms with Crippen molar-refractivity contribution in [3.05, 3.63) is 19.1 Å². The van der Waals surface area contributed by atoms with Gasteiger partial charge >= 0.3 is 0 Å². The molecule has 0 heterocycles. The molecule has 0 spiro atoms. The lowest BCUT2D eigenvalue weighted by atomic mass is 10.2. The van der Waals surface area contributed by atoms with Crippen molar-refractivity contribution in [2.75, 3.05) is 0 Å². The summed E-state index contributed by atoms with van der Waals surface area (Å²) in [6, 6.07) is 0. The molecule has 0 aliphatic carbocycles. The Morgan fingerprint density at radius 1 is 1.57 bits per heavy atom. The first kappa shape index (κ1) is 6.74. The summed E-state index contributed by atoms with van der Waals surface area (Å²) >= 11 is 0. The summed E-state index contributed by atoms with van der Waals surface area (Å²) in [4.78, 5) is 0. The Labute approximate surface area is 46.2 Å². The van der Waals surface area contributed by atoms with Gasteiger partial charge in [-0.25, -0.2) is 0 Å². The molecule has 0 N–H and O–H groups in total. The fraction of sp³-hybridized carbons (Fsp3) is 0.571. The first-order valence-electron chi connectivity index (χ1n) is 2.73. The third-order valence-electron chi connectivity index (χ3n) is 0.688. The Balaban J connectivity index is 3.08. The Morgan fingerprint density at radius 3 is 2.29 bits per heavy atom. The van der Waals surface area contributed by atoms with Crippen LogP contribution in [0.4, 0.5) is 0 Å². The molecule has 0 rings (SSSR count). The third-order valence-corrected chi connectivity index (χ3v) is 0.688. The first-order valence-corrected chi connectivity index (χ1v) is 2.73. The Morgan fingerprint density at radius 2 is 2.14 bits per heavy atom. The van der Waals surface area contributed by atoms with Crippen LogP contribution in [-0.2, 0) is 0 Å². The predicted molar refractivity (Wildman–Crippen MR) is 34.0 cm³/mol. The zero-order valence-electron chi connectivity index (χ0n) is 5.15. The highest BCUT2D eigenvalue weighted by molar-refractivity contribution is 4.84. The summed E-state index contributed by atoms with van der Waals surface area (Å²) in [5, 5.41) is 0. The first-order chi connectivity index (χ1) is 3.27. The van der Waals surface area contributed by atoms with Gasteiger partial charge < -0.3 is 0 Å². The molecule has 0 aromatic rings. The lowest BCUT2D eigenvalue weighted by Gasteiger charge is -1.88. The van der Waals surface area contributed by atoms with E-state index in [2.05, 4.69) is 32.9 Å². The monoisotopic (exact) mass is 97.1 g/mol. The SMILES string of the molecule is [CH2]C/C=C/C(C)C. The molecule has 0 nitrogen and oxygen atoms in total. The van der Waals surface area contributed by atoms with Gasteiger partial charge in [0.2, 0.25) is 0 Å². The van der Waals surface area contributed by atoms with Crippen LogP contribution in [-0.4, -0.2) is 0 Å². The van der Waals surface area contributed by atoms with E-state index >= 15 is 0 Å². The molecule has 0 bridgehead atoms. The highest BCUT2D eigenvalue weighted by Gasteiger charge is 1.78. The second-order valence-electron chi connectivity index (χ2n) is 1.96. The Bertz CT molecular complexity index is 51.1. The average Bonchev–Trinajstić information content (AvgIpc) is 1.61. The lowest BCUT2D eigenvalue weighted by molar-refractivity contribution is 0.828. The van der Waals surface area contributed by atoms with Gasteiger partial charge in [-0.3, -0.25) is 0 Å². The molecule has 0 saturated carbocycles. The lowest BCUT2D eigenvalue weighted by Crippen LogP contribution is -1.74. The second-order valence-corrected chi connectivity index (χ2v) is 1.96. The standard InChI is InChI=1S/C7H13/c1-4-5-6-7(2)3/h5-7H,1,4H2,2-3H3/b6-5+. The van der Waals surface area contributed by atoms with Gasteiger partial charge in [-0.1, -0.05) is 26.0 Å². The molecular weight excluding hydrogens is 84.1 g/mol. The smallest absolute Gasteiger partial charge is 0.0290 e. The van der Waals surface area contributed by atoms with Crippen LogP contribution in [0.3, 0.4) is 0 Å². The van der Waals surface area contributed by atoms with Crippen LogP contribution in [0.15, 0.2) is 12.2 Å². The van der Waals surface area contributed by atoms with E-state index in [1.54, 1.807) is 0 Å². The van der Waals surface area contributed by atoms with Crippen molar-refractivity contribution in [2.45, 2.75) is 20.3 Å². The van der Waals surface area contributed by atoms with Crippen LogP contribution in [0.25, 0.3) is 0 Å². The van der Waals surface area contributed by atoms with Crippen molar-refractivity contribution in [3.8, 4) is 0 Å². The highest BCUT2D eigenvalue weighted by atomic mass is 13.8. The van der Waals surface area contributed by atoms with Gasteiger partial charge in [0.25, 0.3) is 0 Å². The molecule has 0 aliphatic rings. The van der Waals surface area contributed by atoms with Gasteiger partial charge in [-0.15, -0.1) is 0 Å². The summed E-state index contributed by atoms with van der Waals surface area (Å²) in [6.45, 7) is 7.99. The van der Waals surface area contributed by atoms with E-state index in [4.69, 9.17) is 0 Å². The van der Waals surface area contributed by atoms with Gasteiger partial charge in [0.1, 0.15) is 0 Å². The van der Waals surface area contributed by atoms with Crippen molar-refractivity contribution in [3.63, 3.8) is 0 Å². The molecule has 1 radical (unpaired) electrons. The molecule has 0 aromatic carbocycles. The molecule has 0 amide bonds. The molecule has 0 heteroatoms. The predicted octanol–water partition coefficient (Wildman–Crippen LogP) is 2.42. The molecule has 0 saturated heterocycles. The fourth-order valence-electron chi connectivity index (χ4n) is 0.368. The maximum absolute atomic E-state index is 3.67. The number of hydrogen-bond donors (Lipinski definition) is 0. The molecule has 0 fully saturated rings. The van der Waals surface area contributed by atoms with E-state index in [0.29, 0.717) is 5.92 Å². The maximum atomic E-state index is 3.67. The molecule has 0 aromatic heterocycles. The van der Waals surface area contributed by atoms with E-state index in [9.17, 15) is 0 Å². The molecular formula is C7H13. The largest absolute Gasteiger partial charge is 0.0883 e. The normalized spacial score (nSPS) is 11.4. The molecule has 0 aliphatic heterocycles. The fourth-order valence-corrected chi connectivity index (χ4v) is 0.368. The molecule has 0 atom stereocenters. The maximum Gasteiger partial charge on any atom is -0.0290 e. The van der Waals surface area contributed by atoms with E-state index in [1.807, 2.05) is 0 Å². The van der Waals surface area contributed by atoms with Gasteiger partial charge in [0.05, 0.1) is 0 Å². The summed E-state index contributed by atoms with van der Waals surface area (Å²) in [5.41, 5.74) is 0. The summed E-state index contributed by atoms with van der Waals surface area (Å²) in [5.74, 6) is 0.682. The third kappa shape index (κ3) is 5.74. The Kier molecular flexibility index (Phi) is 3.77. The summed E-state index contributed by atoms with van der Waals surface area (Å²) < 4.78 is 0. The number of hydrogen-bond acceptors (Lipinski definition) is 0. The summed E-state index contributed by atoms with van der Waals surface area (Å²) in [6.07, 6.45) is 5.16. The van der Waals surface area contributed by atoms with Crippen LogP contribution in [0.2, 0.25) is 0 Å². The highest BCUT2D eigenvalue weighted by Crippen LogP contribution is 1.93. The van der Waals surface area contributed by atoms with Crippen LogP contribution in [0.5, 0.6) is 0 Å². The minimum absolute atomic E-state index is 0.682. The van der Waals surface area contributed by atoms with E-state index in [0.717, 1.165) is 6.42 Å². The number of allylic oxidation sites excluding steroid dienone is 2. The zero-order chi connectivity index (χ0) is 5.70. The van der Waals surface area contributed by atoms with E-state index in [-0.39, 0.29) is 0 Å². The Hall–Kier alpha value is -0.260. The van der Waals surface area contributed by atoms with Crippen molar-refractivity contribution < 1.29 is 0 Å². The summed E-state index contributed by atoms with van der Waals surface area (Å²) in [7, 11) is 0. The molecule has 41 valence electrons. The van der Waals surface area contributed by atoms with Crippen LogP contribution >= 0.6 is 0 Å². The van der Waals surface area contributed by atoms with Gasteiger partial charge in [0, 0.05) is 0 Å². The minimum Gasteiger partial charge on any atom is -0.0883 e. The minimum atomic E-state index is 0.682. The van der Waals surface area contributed by atoms with Crippen LogP contribution < -0.4 is 0 Å². The van der Waals surface area contributed by atoms with E-state index < -0.39 is 0 Å². The van der Waals surface area contributed by atoms with Crippen molar-refractivity contribution in [1.82, 2.24) is 0 Å². The van der Waals surface area contributed by atoms with Crippen molar-refractivity contribution in [1.29, 1.82) is 0 Å². The molecule has 7 heavy (non-hydrogen) atoms. The quantitative estimate of drug-likeness (QED) is 0.464. The topological polar surface area (TPSA) is 0 Å². The second kappa shape index (κ2) is 3.91. The molecule has 0 unspecified atom stereocenters. The van der Waals surface area contributed by atoms with Gasteiger partial charge in [-0.05, 0) is 19.3 Å². The van der Waals surface area contributed by atoms with Crippen molar-refractivity contribution in [2.24, 2.45) is 5.92 Å². The van der Waals surface area contributed by atoms with Crippen LogP contribution in [0.1, 0.15) is 20.3 Å². The average molecular weight is 97.2 g/mol. The van der Waals surface area contributed by atoms with Crippen molar-refractivity contribution >= 4 is 0 Å². The zero-order valence-corrected chi connectivity index (χ0v) is 5.15.